The Morgan fingerprint density at radius 3 is 2.39 bits per heavy atom. The molecular weight excluding hydrogens is 394 g/mol. The molecule has 0 aliphatic carbocycles. The highest BCUT2D eigenvalue weighted by Gasteiger charge is 2.25. The first-order chi connectivity index (χ1) is 13.5. The Hall–Kier alpha value is -1.74. The molecule has 0 N–H and O–H groups in total. The predicted octanol–water partition coefficient (Wildman–Crippen LogP) is 2.74. The second kappa shape index (κ2) is 9.17. The topological polar surface area (TPSA) is 60.9 Å². The summed E-state index contributed by atoms with van der Waals surface area (Å²) in [5, 5.41) is 2.08. The summed E-state index contributed by atoms with van der Waals surface area (Å²) in [5.41, 5.74) is 0.430. The quantitative estimate of drug-likeness (QED) is 0.690. The van der Waals surface area contributed by atoms with Crippen molar-refractivity contribution in [1.82, 2.24) is 14.1 Å². The Balaban J connectivity index is 1.67. The molecule has 2 heterocycles. The largest absolute Gasteiger partial charge is 0.336 e. The normalized spacial score (nSPS) is 15.9. The standard InChI is InChI=1S/C20H27N3O3S2/c1-3-23(4-2)28(25,26)19-9-5-7-17(15-19)20(24)22-12-10-21(11-13-22)16-18-8-6-14-27-18/h5-9,14-15H,3-4,10-13,16H2,1-2H3. The van der Waals surface area contributed by atoms with Crippen molar-refractivity contribution in [2.24, 2.45) is 0 Å². The average Bonchev–Trinajstić information content (AvgIpc) is 3.22. The minimum absolute atomic E-state index is 0.104. The summed E-state index contributed by atoms with van der Waals surface area (Å²) >= 11 is 1.75. The van der Waals surface area contributed by atoms with Crippen molar-refractivity contribution in [1.29, 1.82) is 0 Å². The molecule has 2 aromatic rings. The number of hydrogen-bond acceptors (Lipinski definition) is 5. The molecule has 0 unspecified atom stereocenters. The molecule has 0 atom stereocenters. The fourth-order valence-corrected chi connectivity index (χ4v) is 5.67. The maximum atomic E-state index is 12.9. The van der Waals surface area contributed by atoms with Crippen LogP contribution in [0, 0.1) is 0 Å². The van der Waals surface area contributed by atoms with Gasteiger partial charge in [-0.2, -0.15) is 4.31 Å². The summed E-state index contributed by atoms with van der Waals surface area (Å²) in [6.07, 6.45) is 0. The first-order valence-corrected chi connectivity index (χ1v) is 11.9. The highest BCUT2D eigenvalue weighted by atomic mass is 32.2. The molecule has 1 aliphatic heterocycles. The van der Waals surface area contributed by atoms with Gasteiger partial charge in [0.15, 0.2) is 0 Å². The zero-order chi connectivity index (χ0) is 20.1. The van der Waals surface area contributed by atoms with Gasteiger partial charge in [-0.25, -0.2) is 8.42 Å². The molecule has 0 spiro atoms. The molecule has 152 valence electrons. The number of piperazine rings is 1. The number of carbonyl (C=O) groups is 1. The van der Waals surface area contributed by atoms with Gasteiger partial charge in [0.25, 0.3) is 5.91 Å². The SMILES string of the molecule is CCN(CC)S(=O)(=O)c1cccc(C(=O)N2CCN(Cc3cccs3)CC2)c1. The van der Waals surface area contributed by atoms with Crippen LogP contribution in [0.3, 0.4) is 0 Å². The summed E-state index contributed by atoms with van der Waals surface area (Å²) < 4.78 is 26.9. The van der Waals surface area contributed by atoms with Crippen molar-refractivity contribution >= 4 is 27.3 Å². The number of hydrogen-bond donors (Lipinski definition) is 0. The third-order valence-corrected chi connectivity index (χ3v) is 7.95. The minimum Gasteiger partial charge on any atom is -0.336 e. The van der Waals surface area contributed by atoms with Crippen molar-refractivity contribution in [3.63, 3.8) is 0 Å². The predicted molar refractivity (Wildman–Crippen MR) is 112 cm³/mol. The number of nitrogens with zero attached hydrogens (tertiary/aromatic N) is 3. The number of thiophene rings is 1. The Labute approximate surface area is 171 Å². The molecule has 1 saturated heterocycles. The first kappa shape index (κ1) is 21.0. The van der Waals surface area contributed by atoms with Gasteiger partial charge in [0.2, 0.25) is 10.0 Å². The Morgan fingerprint density at radius 2 is 1.79 bits per heavy atom. The van der Waals surface area contributed by atoms with Crippen molar-refractivity contribution in [2.75, 3.05) is 39.3 Å². The fraction of sp³-hybridized carbons (Fsp3) is 0.450. The van der Waals surface area contributed by atoms with Gasteiger partial charge in [-0.3, -0.25) is 9.69 Å². The van der Waals surface area contributed by atoms with Gasteiger partial charge in [0.1, 0.15) is 0 Å². The van der Waals surface area contributed by atoms with Gasteiger partial charge in [-0.05, 0) is 29.6 Å². The molecule has 28 heavy (non-hydrogen) atoms. The van der Waals surface area contributed by atoms with E-state index in [9.17, 15) is 13.2 Å². The van der Waals surface area contributed by atoms with Gasteiger partial charge in [-0.15, -0.1) is 11.3 Å². The van der Waals surface area contributed by atoms with E-state index < -0.39 is 10.0 Å². The van der Waals surface area contributed by atoms with E-state index in [1.807, 2.05) is 18.7 Å². The van der Waals surface area contributed by atoms with Crippen LogP contribution in [0.25, 0.3) is 0 Å². The van der Waals surface area contributed by atoms with E-state index in [0.29, 0.717) is 31.7 Å². The maximum Gasteiger partial charge on any atom is 0.253 e. The molecule has 1 aromatic heterocycles. The number of carbonyl (C=O) groups excluding carboxylic acids is 1. The van der Waals surface area contributed by atoms with E-state index in [2.05, 4.69) is 22.4 Å². The van der Waals surface area contributed by atoms with Gasteiger partial charge in [0.05, 0.1) is 4.90 Å². The summed E-state index contributed by atoms with van der Waals surface area (Å²) in [6.45, 7) is 8.29. The van der Waals surface area contributed by atoms with Gasteiger partial charge in [-0.1, -0.05) is 26.0 Å². The van der Waals surface area contributed by atoms with Crippen molar-refractivity contribution in [2.45, 2.75) is 25.3 Å². The second-order valence-electron chi connectivity index (χ2n) is 6.76. The smallest absolute Gasteiger partial charge is 0.253 e. The van der Waals surface area contributed by atoms with E-state index in [-0.39, 0.29) is 10.8 Å². The number of benzene rings is 1. The monoisotopic (exact) mass is 421 g/mol. The van der Waals surface area contributed by atoms with Crippen LogP contribution >= 0.6 is 11.3 Å². The molecule has 3 rings (SSSR count). The van der Waals surface area contributed by atoms with Gasteiger partial charge < -0.3 is 4.90 Å². The number of amides is 1. The summed E-state index contributed by atoms with van der Waals surface area (Å²) in [7, 11) is -3.57. The molecule has 1 fully saturated rings. The van der Waals surface area contributed by atoms with Crippen molar-refractivity contribution in [3.05, 3.63) is 52.2 Å². The fourth-order valence-electron chi connectivity index (χ4n) is 3.42. The summed E-state index contributed by atoms with van der Waals surface area (Å²) in [5.74, 6) is -0.104. The Kier molecular flexibility index (Phi) is 6.87. The highest BCUT2D eigenvalue weighted by molar-refractivity contribution is 7.89. The summed E-state index contributed by atoms with van der Waals surface area (Å²) in [6, 6.07) is 10.6. The second-order valence-corrected chi connectivity index (χ2v) is 9.74. The molecule has 0 saturated carbocycles. The van der Waals surface area contributed by atoms with E-state index in [1.165, 1.54) is 15.2 Å². The molecule has 0 bridgehead atoms. The lowest BCUT2D eigenvalue weighted by molar-refractivity contribution is 0.0629. The van der Waals surface area contributed by atoms with Crippen LogP contribution in [-0.4, -0.2) is 67.7 Å². The number of sulfonamides is 1. The minimum atomic E-state index is -3.57. The van der Waals surface area contributed by atoms with Crippen LogP contribution in [0.4, 0.5) is 0 Å². The van der Waals surface area contributed by atoms with Crippen molar-refractivity contribution < 1.29 is 13.2 Å². The Morgan fingerprint density at radius 1 is 1.07 bits per heavy atom. The first-order valence-electron chi connectivity index (χ1n) is 9.60. The van der Waals surface area contributed by atoms with Crippen LogP contribution in [0.5, 0.6) is 0 Å². The van der Waals surface area contributed by atoms with E-state index in [1.54, 1.807) is 29.5 Å². The summed E-state index contributed by atoms with van der Waals surface area (Å²) in [4.78, 5) is 18.6. The molecule has 6 nitrogen and oxygen atoms in total. The lowest BCUT2D eigenvalue weighted by atomic mass is 10.2. The molecule has 1 aliphatic rings. The lowest BCUT2D eigenvalue weighted by Gasteiger charge is -2.34. The number of rotatable bonds is 7. The van der Waals surface area contributed by atoms with Crippen molar-refractivity contribution in [3.8, 4) is 0 Å². The van der Waals surface area contributed by atoms with Crippen LogP contribution in [-0.2, 0) is 16.6 Å². The molecular formula is C20H27N3O3S2. The molecule has 8 heteroatoms. The average molecular weight is 422 g/mol. The maximum absolute atomic E-state index is 12.9. The lowest BCUT2D eigenvalue weighted by Crippen LogP contribution is -2.48. The molecule has 0 radical (unpaired) electrons. The van der Waals surface area contributed by atoms with Crippen LogP contribution < -0.4 is 0 Å². The van der Waals surface area contributed by atoms with Crippen LogP contribution in [0.15, 0.2) is 46.7 Å². The van der Waals surface area contributed by atoms with E-state index >= 15 is 0 Å². The van der Waals surface area contributed by atoms with Gasteiger partial charge >= 0.3 is 0 Å². The molecule has 1 amide bonds. The highest BCUT2D eigenvalue weighted by Crippen LogP contribution is 2.19. The zero-order valence-corrected chi connectivity index (χ0v) is 18.0. The van der Waals surface area contributed by atoms with Crippen LogP contribution in [0.2, 0.25) is 0 Å². The van der Waals surface area contributed by atoms with E-state index in [4.69, 9.17) is 0 Å². The zero-order valence-electron chi connectivity index (χ0n) is 16.4. The third-order valence-electron chi connectivity index (χ3n) is 5.04. The molecule has 1 aromatic carbocycles. The van der Waals surface area contributed by atoms with Gasteiger partial charge in [0, 0.05) is 56.3 Å². The Bertz CT molecular complexity index is 885. The van der Waals surface area contributed by atoms with E-state index in [0.717, 1.165) is 19.6 Å². The van der Waals surface area contributed by atoms with Crippen LogP contribution in [0.1, 0.15) is 29.1 Å². The third kappa shape index (κ3) is 4.63.